The zero-order valence-electron chi connectivity index (χ0n) is 22.8. The molecule has 0 N–H and O–H groups in total. The summed E-state index contributed by atoms with van der Waals surface area (Å²) in [5.74, 6) is 0.970. The molecule has 2 aliphatic rings. The van der Waals surface area contributed by atoms with Crippen LogP contribution in [0.5, 0.6) is 0 Å². The molecule has 0 radical (unpaired) electrons. The number of halogens is 1. The number of rotatable bonds is 9. The number of unbranched alkanes of at least 4 members (excludes halogenated alkanes) is 1. The molecule has 2 aromatic rings. The molecule has 0 bridgehead atoms. The molecule has 6 heteroatoms. The van der Waals surface area contributed by atoms with Crippen molar-refractivity contribution in [2.45, 2.75) is 79.2 Å². The summed E-state index contributed by atoms with van der Waals surface area (Å²) < 4.78 is 14.4. The molecule has 36 heavy (non-hydrogen) atoms. The third-order valence-corrected chi connectivity index (χ3v) is 7.24. The molecule has 2 heterocycles. The van der Waals surface area contributed by atoms with E-state index in [0.717, 1.165) is 56.1 Å². The van der Waals surface area contributed by atoms with Crippen LogP contribution in [0, 0.1) is 12.3 Å². The molecule has 1 aliphatic heterocycles. The molecule has 0 spiro atoms. The van der Waals surface area contributed by atoms with Gasteiger partial charge in [-0.3, -0.25) is 4.90 Å². The highest BCUT2D eigenvalue weighted by molar-refractivity contribution is 6.30. The normalized spacial score (nSPS) is 22.1. The predicted molar refractivity (Wildman–Crippen MR) is 148 cm³/mol. The van der Waals surface area contributed by atoms with E-state index in [1.54, 1.807) is 0 Å². The molecule has 1 saturated heterocycles. The molecule has 1 aromatic carbocycles. The van der Waals surface area contributed by atoms with E-state index in [1.807, 2.05) is 0 Å². The summed E-state index contributed by atoms with van der Waals surface area (Å²) in [4.78, 5) is 7.39. The lowest BCUT2D eigenvalue weighted by Crippen LogP contribution is -2.48. The summed E-state index contributed by atoms with van der Waals surface area (Å²) in [7, 11) is 0. The van der Waals surface area contributed by atoms with Crippen LogP contribution in [-0.2, 0) is 22.6 Å². The lowest BCUT2D eigenvalue weighted by molar-refractivity contribution is -0.155. The summed E-state index contributed by atoms with van der Waals surface area (Å²) in [6.45, 7) is 18.0. The van der Waals surface area contributed by atoms with Crippen LogP contribution in [0.15, 0.2) is 48.1 Å². The summed E-state index contributed by atoms with van der Waals surface area (Å²) in [5, 5.41) is 0.604. The smallest absolute Gasteiger partial charge is 0.152 e. The molecule has 0 saturated carbocycles. The van der Waals surface area contributed by atoms with Gasteiger partial charge in [0.1, 0.15) is 17.5 Å². The van der Waals surface area contributed by atoms with Crippen molar-refractivity contribution in [1.82, 2.24) is 14.5 Å². The Hall–Kier alpha value is -1.92. The van der Waals surface area contributed by atoms with E-state index in [0.29, 0.717) is 18.4 Å². The summed E-state index contributed by atoms with van der Waals surface area (Å²) >= 11 is 6.88. The SMILES string of the molecule is CCCCn1c(-c2ccccc2C)nc(Cl)c1CN(CC1=CC2(C)OCCOC2C=C1)CC(C)(C)C. The van der Waals surface area contributed by atoms with Crippen LogP contribution >= 0.6 is 11.6 Å². The van der Waals surface area contributed by atoms with Crippen LogP contribution in [0.25, 0.3) is 11.4 Å². The Labute approximate surface area is 222 Å². The maximum Gasteiger partial charge on any atom is 0.152 e. The molecule has 4 rings (SSSR count). The quantitative estimate of drug-likeness (QED) is 0.370. The van der Waals surface area contributed by atoms with Crippen molar-refractivity contribution < 1.29 is 9.47 Å². The maximum absolute atomic E-state index is 6.88. The number of aromatic nitrogens is 2. The van der Waals surface area contributed by atoms with E-state index in [-0.39, 0.29) is 11.5 Å². The number of benzene rings is 1. The molecular formula is C30H42ClN3O2. The van der Waals surface area contributed by atoms with Gasteiger partial charge in [0.2, 0.25) is 0 Å². The van der Waals surface area contributed by atoms with E-state index in [9.17, 15) is 0 Å². The molecule has 2 unspecified atom stereocenters. The number of hydrogen-bond donors (Lipinski definition) is 0. The first kappa shape index (κ1) is 27.1. The first-order valence-electron chi connectivity index (χ1n) is 13.3. The molecule has 1 fully saturated rings. The first-order valence-corrected chi connectivity index (χ1v) is 13.7. The van der Waals surface area contributed by atoms with Gasteiger partial charge in [-0.05, 0) is 42.9 Å². The van der Waals surface area contributed by atoms with Crippen molar-refractivity contribution >= 4 is 11.6 Å². The third-order valence-electron chi connectivity index (χ3n) is 6.94. The van der Waals surface area contributed by atoms with Gasteiger partial charge in [0.25, 0.3) is 0 Å². The van der Waals surface area contributed by atoms with E-state index in [1.165, 1.54) is 11.1 Å². The van der Waals surface area contributed by atoms with Crippen LogP contribution in [-0.4, -0.2) is 52.5 Å². The van der Waals surface area contributed by atoms with Crippen molar-refractivity contribution in [3.8, 4) is 11.4 Å². The number of imidazole rings is 1. The number of ether oxygens (including phenoxy) is 2. The van der Waals surface area contributed by atoms with E-state index >= 15 is 0 Å². The Bertz CT molecular complexity index is 1110. The largest absolute Gasteiger partial charge is 0.368 e. The lowest BCUT2D eigenvalue weighted by atomic mass is 9.89. The Kier molecular flexibility index (Phi) is 8.45. The maximum atomic E-state index is 6.88. The highest BCUT2D eigenvalue weighted by atomic mass is 35.5. The first-order chi connectivity index (χ1) is 17.1. The fourth-order valence-corrected chi connectivity index (χ4v) is 5.52. The Balaban J connectivity index is 1.66. The lowest BCUT2D eigenvalue weighted by Gasteiger charge is -2.40. The van der Waals surface area contributed by atoms with Crippen molar-refractivity contribution in [3.63, 3.8) is 0 Å². The van der Waals surface area contributed by atoms with Gasteiger partial charge >= 0.3 is 0 Å². The van der Waals surface area contributed by atoms with Crippen LogP contribution in [0.2, 0.25) is 5.15 Å². The summed E-state index contributed by atoms with van der Waals surface area (Å²) in [6, 6.07) is 8.44. The third kappa shape index (κ3) is 6.31. The van der Waals surface area contributed by atoms with Crippen molar-refractivity contribution in [1.29, 1.82) is 0 Å². The van der Waals surface area contributed by atoms with E-state index < -0.39 is 5.60 Å². The average molecular weight is 512 g/mol. The van der Waals surface area contributed by atoms with Gasteiger partial charge in [0.05, 0.1) is 18.9 Å². The van der Waals surface area contributed by atoms with E-state index in [2.05, 4.69) is 93.5 Å². The van der Waals surface area contributed by atoms with Gasteiger partial charge in [0, 0.05) is 31.7 Å². The van der Waals surface area contributed by atoms with Gasteiger partial charge in [-0.25, -0.2) is 4.98 Å². The minimum Gasteiger partial charge on any atom is -0.368 e. The number of hydrogen-bond acceptors (Lipinski definition) is 4. The molecule has 1 aliphatic carbocycles. The molecule has 0 amide bonds. The van der Waals surface area contributed by atoms with Crippen molar-refractivity contribution in [2.75, 3.05) is 26.3 Å². The Morgan fingerprint density at radius 2 is 1.97 bits per heavy atom. The van der Waals surface area contributed by atoms with Gasteiger partial charge in [-0.15, -0.1) is 0 Å². The number of aryl methyl sites for hydroxylation is 1. The second-order valence-electron chi connectivity index (χ2n) is 11.6. The van der Waals surface area contributed by atoms with Crippen LogP contribution < -0.4 is 0 Å². The van der Waals surface area contributed by atoms with Crippen LogP contribution in [0.3, 0.4) is 0 Å². The number of nitrogens with zero attached hydrogens (tertiary/aromatic N) is 3. The predicted octanol–water partition coefficient (Wildman–Crippen LogP) is 6.83. The number of fused-ring (bicyclic) bond motifs is 1. The topological polar surface area (TPSA) is 39.5 Å². The standard InChI is InChI=1S/C30H42ClN3O2/c1-7-8-15-34-25(27(31)32-28(34)24-12-10-9-11-22(24)2)20-33(21-29(3,4)5)19-23-13-14-26-30(6,18-23)36-17-16-35-26/h9-14,18,26H,7-8,15-17,19-21H2,1-6H3. The monoisotopic (exact) mass is 511 g/mol. The van der Waals surface area contributed by atoms with Gasteiger partial charge in [-0.2, -0.15) is 0 Å². The molecular weight excluding hydrogens is 470 g/mol. The highest BCUT2D eigenvalue weighted by Gasteiger charge is 2.38. The summed E-state index contributed by atoms with van der Waals surface area (Å²) in [5.41, 5.74) is 4.43. The highest BCUT2D eigenvalue weighted by Crippen LogP contribution is 2.33. The van der Waals surface area contributed by atoms with Gasteiger partial charge < -0.3 is 14.0 Å². The second-order valence-corrected chi connectivity index (χ2v) is 12.0. The van der Waals surface area contributed by atoms with Crippen LogP contribution in [0.1, 0.15) is 58.7 Å². The van der Waals surface area contributed by atoms with Crippen LogP contribution in [0.4, 0.5) is 0 Å². The fraction of sp³-hybridized carbons (Fsp3) is 0.567. The minimum atomic E-state index is -0.408. The molecule has 196 valence electrons. The Morgan fingerprint density at radius 1 is 1.19 bits per heavy atom. The summed E-state index contributed by atoms with van der Waals surface area (Å²) in [6.07, 6.45) is 8.79. The van der Waals surface area contributed by atoms with Crippen molar-refractivity contribution in [3.05, 3.63) is 64.5 Å². The Morgan fingerprint density at radius 3 is 2.69 bits per heavy atom. The van der Waals surface area contributed by atoms with Gasteiger partial charge in [0.15, 0.2) is 5.15 Å². The average Bonchev–Trinajstić information content (AvgIpc) is 3.11. The van der Waals surface area contributed by atoms with Crippen molar-refractivity contribution in [2.24, 2.45) is 5.41 Å². The van der Waals surface area contributed by atoms with E-state index in [4.69, 9.17) is 26.1 Å². The molecule has 1 aromatic heterocycles. The fourth-order valence-electron chi connectivity index (χ4n) is 5.28. The zero-order valence-corrected chi connectivity index (χ0v) is 23.6. The molecule has 5 nitrogen and oxygen atoms in total. The second kappa shape index (κ2) is 11.2. The minimum absolute atomic E-state index is 0.0207. The molecule has 2 atom stereocenters. The van der Waals surface area contributed by atoms with Gasteiger partial charge in [-0.1, -0.05) is 82.1 Å². The zero-order chi connectivity index (χ0) is 25.9.